The molecule has 28 heavy (non-hydrogen) atoms. The maximum Gasteiger partial charge on any atom is 0.416 e. The van der Waals surface area contributed by atoms with Gasteiger partial charge < -0.3 is 15.1 Å². The molecule has 1 aliphatic rings. The van der Waals surface area contributed by atoms with E-state index in [4.69, 9.17) is 12.2 Å². The number of hydrogen-bond donors (Lipinski definition) is 1. The molecule has 0 aromatic heterocycles. The minimum absolute atomic E-state index is 0.319. The van der Waals surface area contributed by atoms with E-state index in [2.05, 4.69) is 42.8 Å². The van der Waals surface area contributed by atoms with Gasteiger partial charge in [-0.2, -0.15) is 13.2 Å². The Kier molecular flexibility index (Phi) is 8.13. The molecule has 0 saturated carbocycles. The summed E-state index contributed by atoms with van der Waals surface area (Å²) in [4.78, 5) is 4.65. The highest BCUT2D eigenvalue weighted by Crippen LogP contribution is 2.31. The molecule has 0 atom stereocenters. The minimum Gasteiger partial charge on any atom is -0.346 e. The third-order valence-electron chi connectivity index (χ3n) is 5.32. The van der Waals surface area contributed by atoms with Crippen molar-refractivity contribution in [2.45, 2.75) is 65.2 Å². The summed E-state index contributed by atoms with van der Waals surface area (Å²) in [5.41, 5.74) is -0.284. The smallest absolute Gasteiger partial charge is 0.346 e. The van der Waals surface area contributed by atoms with Crippen LogP contribution in [-0.2, 0) is 6.18 Å². The van der Waals surface area contributed by atoms with Crippen molar-refractivity contribution < 1.29 is 13.2 Å². The summed E-state index contributed by atoms with van der Waals surface area (Å²) in [5.74, 6) is 0.537. The molecule has 1 aromatic carbocycles. The number of piperidine rings is 1. The van der Waals surface area contributed by atoms with Gasteiger partial charge in [-0.25, -0.2) is 0 Å². The van der Waals surface area contributed by atoms with Crippen LogP contribution in [0.4, 0.5) is 18.9 Å². The monoisotopic (exact) mass is 415 g/mol. The second kappa shape index (κ2) is 9.92. The topological polar surface area (TPSA) is 18.5 Å². The normalized spacial score (nSPS) is 16.6. The Bertz CT molecular complexity index is 638. The Labute approximate surface area is 172 Å². The van der Waals surface area contributed by atoms with E-state index < -0.39 is 11.7 Å². The molecular weight excluding hydrogens is 383 g/mol. The highest BCUT2D eigenvalue weighted by atomic mass is 32.1. The number of halogens is 3. The SMILES string of the molecule is CC(C)CCN(C(=S)Nc1cccc(C(F)(F)F)c1)C1CCN(C(C)C)CC1. The van der Waals surface area contributed by atoms with Crippen LogP contribution in [0.5, 0.6) is 0 Å². The summed E-state index contributed by atoms with van der Waals surface area (Å²) in [7, 11) is 0. The molecule has 1 saturated heterocycles. The molecule has 0 aliphatic carbocycles. The molecule has 0 amide bonds. The average Bonchev–Trinajstić information content (AvgIpc) is 2.61. The lowest BCUT2D eigenvalue weighted by Gasteiger charge is -2.41. The Morgan fingerprint density at radius 3 is 2.39 bits per heavy atom. The first-order valence-corrected chi connectivity index (χ1v) is 10.5. The van der Waals surface area contributed by atoms with Crippen molar-refractivity contribution in [1.29, 1.82) is 0 Å². The first-order valence-electron chi connectivity index (χ1n) is 10.1. The van der Waals surface area contributed by atoms with Crippen LogP contribution >= 0.6 is 12.2 Å². The van der Waals surface area contributed by atoms with Gasteiger partial charge in [-0.3, -0.25) is 0 Å². The van der Waals surface area contributed by atoms with Crippen LogP contribution in [0, 0.1) is 5.92 Å². The van der Waals surface area contributed by atoms with Crippen LogP contribution in [0.25, 0.3) is 0 Å². The Balaban J connectivity index is 2.09. The van der Waals surface area contributed by atoms with Crippen LogP contribution in [0.2, 0.25) is 0 Å². The fourth-order valence-electron chi connectivity index (χ4n) is 3.53. The number of rotatable bonds is 6. The highest BCUT2D eigenvalue weighted by molar-refractivity contribution is 7.80. The van der Waals surface area contributed by atoms with E-state index in [1.165, 1.54) is 6.07 Å². The van der Waals surface area contributed by atoms with Crippen molar-refractivity contribution in [3.63, 3.8) is 0 Å². The summed E-state index contributed by atoms with van der Waals surface area (Å²) >= 11 is 5.63. The van der Waals surface area contributed by atoms with Gasteiger partial charge in [-0.05, 0) is 69.4 Å². The molecule has 158 valence electrons. The van der Waals surface area contributed by atoms with Crippen molar-refractivity contribution >= 4 is 23.0 Å². The number of nitrogens with one attached hydrogen (secondary N) is 1. The largest absolute Gasteiger partial charge is 0.416 e. The molecule has 0 spiro atoms. The zero-order valence-electron chi connectivity index (χ0n) is 17.2. The minimum atomic E-state index is -4.36. The van der Waals surface area contributed by atoms with Gasteiger partial charge in [0.2, 0.25) is 0 Å². The second-order valence-corrected chi connectivity index (χ2v) is 8.63. The van der Waals surface area contributed by atoms with E-state index in [-0.39, 0.29) is 0 Å². The van der Waals surface area contributed by atoms with E-state index in [1.807, 2.05) is 0 Å². The van der Waals surface area contributed by atoms with E-state index in [0.717, 1.165) is 51.0 Å². The molecule has 2 rings (SSSR count). The predicted molar refractivity (Wildman–Crippen MR) is 114 cm³/mol. The summed E-state index contributed by atoms with van der Waals surface area (Å²) in [6, 6.07) is 6.08. The van der Waals surface area contributed by atoms with Crippen LogP contribution in [0.1, 0.15) is 52.5 Å². The molecule has 1 fully saturated rings. The van der Waals surface area contributed by atoms with Gasteiger partial charge in [0.25, 0.3) is 0 Å². The molecule has 1 aromatic rings. The van der Waals surface area contributed by atoms with E-state index in [9.17, 15) is 13.2 Å². The number of hydrogen-bond acceptors (Lipinski definition) is 2. The summed E-state index contributed by atoms with van der Waals surface area (Å²) in [6.45, 7) is 11.6. The van der Waals surface area contributed by atoms with Crippen molar-refractivity contribution in [2.75, 3.05) is 25.0 Å². The van der Waals surface area contributed by atoms with Crippen molar-refractivity contribution in [3.05, 3.63) is 29.8 Å². The van der Waals surface area contributed by atoms with Gasteiger partial charge in [0.05, 0.1) is 5.56 Å². The number of nitrogens with zero attached hydrogens (tertiary/aromatic N) is 2. The van der Waals surface area contributed by atoms with Crippen LogP contribution in [0.15, 0.2) is 24.3 Å². The maximum absolute atomic E-state index is 13.0. The molecule has 0 radical (unpaired) electrons. The van der Waals surface area contributed by atoms with Gasteiger partial charge in [0, 0.05) is 37.4 Å². The molecule has 0 bridgehead atoms. The first-order chi connectivity index (χ1) is 13.1. The summed E-state index contributed by atoms with van der Waals surface area (Å²) in [5, 5.41) is 3.57. The highest BCUT2D eigenvalue weighted by Gasteiger charge is 2.31. The summed E-state index contributed by atoms with van der Waals surface area (Å²) in [6.07, 6.45) is -1.34. The van der Waals surface area contributed by atoms with Crippen LogP contribution in [-0.4, -0.2) is 46.6 Å². The number of likely N-dealkylation sites (tertiary alicyclic amines) is 1. The third kappa shape index (κ3) is 6.62. The number of alkyl halides is 3. The average molecular weight is 416 g/mol. The molecule has 1 heterocycles. The number of anilines is 1. The van der Waals surface area contributed by atoms with Gasteiger partial charge in [-0.15, -0.1) is 0 Å². The maximum atomic E-state index is 13.0. The zero-order chi connectivity index (χ0) is 20.9. The molecule has 1 N–H and O–H groups in total. The van der Waals surface area contributed by atoms with Gasteiger partial charge in [-0.1, -0.05) is 19.9 Å². The van der Waals surface area contributed by atoms with Crippen LogP contribution < -0.4 is 5.32 Å². The van der Waals surface area contributed by atoms with Gasteiger partial charge >= 0.3 is 6.18 Å². The van der Waals surface area contributed by atoms with Gasteiger partial charge in [0.1, 0.15) is 0 Å². The second-order valence-electron chi connectivity index (χ2n) is 8.25. The van der Waals surface area contributed by atoms with Crippen molar-refractivity contribution in [3.8, 4) is 0 Å². The quantitative estimate of drug-likeness (QED) is 0.607. The third-order valence-corrected chi connectivity index (χ3v) is 5.66. The number of thiocarbonyl (C=S) groups is 1. The number of benzene rings is 1. The molecular formula is C21H32F3N3S. The Hall–Kier alpha value is -1.34. The lowest BCUT2D eigenvalue weighted by molar-refractivity contribution is -0.137. The van der Waals surface area contributed by atoms with E-state index in [1.54, 1.807) is 6.07 Å². The standard InChI is InChI=1S/C21H32F3N3S/c1-15(2)8-13-27(19-9-11-26(12-10-19)16(3)4)20(28)25-18-7-5-6-17(14-18)21(22,23)24/h5-7,14-16,19H,8-13H2,1-4H3,(H,25,28). The van der Waals surface area contributed by atoms with Crippen molar-refractivity contribution in [1.82, 2.24) is 9.80 Å². The lowest BCUT2D eigenvalue weighted by Crippen LogP contribution is -2.50. The fraction of sp³-hybridized carbons (Fsp3) is 0.667. The molecule has 7 heteroatoms. The molecule has 3 nitrogen and oxygen atoms in total. The van der Waals surface area contributed by atoms with E-state index >= 15 is 0 Å². The lowest BCUT2D eigenvalue weighted by atomic mass is 10.0. The Morgan fingerprint density at radius 2 is 1.86 bits per heavy atom. The zero-order valence-corrected chi connectivity index (χ0v) is 18.0. The fourth-order valence-corrected chi connectivity index (χ4v) is 3.89. The summed E-state index contributed by atoms with van der Waals surface area (Å²) < 4.78 is 39.0. The van der Waals surface area contributed by atoms with Crippen molar-refractivity contribution in [2.24, 2.45) is 5.92 Å². The first kappa shape index (κ1) is 22.9. The van der Waals surface area contributed by atoms with Crippen LogP contribution in [0.3, 0.4) is 0 Å². The molecule has 1 aliphatic heterocycles. The van der Waals surface area contributed by atoms with E-state index in [0.29, 0.717) is 28.8 Å². The van der Waals surface area contributed by atoms with Gasteiger partial charge in [0.15, 0.2) is 5.11 Å². The Morgan fingerprint density at radius 1 is 1.21 bits per heavy atom. The predicted octanol–water partition coefficient (Wildman–Crippen LogP) is 5.62. The molecule has 0 unspecified atom stereocenters.